The molecule has 3 heteroatoms. The van der Waals surface area contributed by atoms with E-state index in [0.717, 1.165) is 16.8 Å². The summed E-state index contributed by atoms with van der Waals surface area (Å²) in [5, 5.41) is 11.4. The van der Waals surface area contributed by atoms with Crippen LogP contribution in [0.1, 0.15) is 0 Å². The van der Waals surface area contributed by atoms with E-state index >= 15 is 0 Å². The van der Waals surface area contributed by atoms with Crippen LogP contribution >= 0.6 is 0 Å². The first-order valence-corrected chi connectivity index (χ1v) is 5.82. The van der Waals surface area contributed by atoms with Crippen LogP contribution in [0.25, 0.3) is 21.9 Å². The van der Waals surface area contributed by atoms with Crippen molar-refractivity contribution in [1.29, 1.82) is 0 Å². The SMILES string of the molecule is Oc1cc(-c2cc(F)cc(F)c2)c2ccccc2c1. The van der Waals surface area contributed by atoms with E-state index in [1.54, 1.807) is 6.07 Å². The summed E-state index contributed by atoms with van der Waals surface area (Å²) in [4.78, 5) is 0. The summed E-state index contributed by atoms with van der Waals surface area (Å²) in [5.41, 5.74) is 1.01. The standard InChI is InChI=1S/C16H10F2O/c17-12-5-11(6-13(18)8-12)16-9-14(19)7-10-3-1-2-4-15(10)16/h1-9,19H. The number of hydrogen-bond donors (Lipinski definition) is 1. The van der Waals surface area contributed by atoms with Crippen LogP contribution in [0.2, 0.25) is 0 Å². The van der Waals surface area contributed by atoms with Crippen LogP contribution in [0.4, 0.5) is 8.78 Å². The van der Waals surface area contributed by atoms with Gasteiger partial charge in [0.15, 0.2) is 0 Å². The maximum atomic E-state index is 13.3. The minimum Gasteiger partial charge on any atom is -0.508 e. The minimum atomic E-state index is -0.637. The molecule has 1 N–H and O–H groups in total. The van der Waals surface area contributed by atoms with E-state index in [2.05, 4.69) is 0 Å². The van der Waals surface area contributed by atoms with E-state index in [4.69, 9.17) is 0 Å². The van der Waals surface area contributed by atoms with Crippen molar-refractivity contribution in [3.63, 3.8) is 0 Å². The minimum absolute atomic E-state index is 0.0679. The average Bonchev–Trinajstić information content (AvgIpc) is 2.36. The molecule has 0 aromatic heterocycles. The predicted octanol–water partition coefficient (Wildman–Crippen LogP) is 4.49. The molecule has 0 aliphatic rings. The lowest BCUT2D eigenvalue weighted by Crippen LogP contribution is -1.86. The van der Waals surface area contributed by atoms with Crippen molar-refractivity contribution in [2.45, 2.75) is 0 Å². The molecule has 19 heavy (non-hydrogen) atoms. The fourth-order valence-corrected chi connectivity index (χ4v) is 2.24. The van der Waals surface area contributed by atoms with Gasteiger partial charge in [0.2, 0.25) is 0 Å². The smallest absolute Gasteiger partial charge is 0.126 e. The Bertz CT molecular complexity index is 746. The highest BCUT2D eigenvalue weighted by molar-refractivity contribution is 5.97. The first-order valence-electron chi connectivity index (χ1n) is 5.82. The van der Waals surface area contributed by atoms with Crippen molar-refractivity contribution in [3.8, 4) is 16.9 Å². The van der Waals surface area contributed by atoms with Crippen LogP contribution in [0.15, 0.2) is 54.6 Å². The summed E-state index contributed by atoms with van der Waals surface area (Å²) in [6, 6.07) is 13.9. The highest BCUT2D eigenvalue weighted by atomic mass is 19.1. The number of phenolic OH excluding ortho intramolecular Hbond substituents is 1. The Balaban J connectivity index is 2.35. The molecular weight excluding hydrogens is 246 g/mol. The van der Waals surface area contributed by atoms with Gasteiger partial charge in [-0.3, -0.25) is 0 Å². The van der Waals surface area contributed by atoms with Crippen LogP contribution in [0.5, 0.6) is 5.75 Å². The van der Waals surface area contributed by atoms with Gasteiger partial charge >= 0.3 is 0 Å². The first-order chi connectivity index (χ1) is 9.13. The van der Waals surface area contributed by atoms with Crippen LogP contribution in [-0.4, -0.2) is 5.11 Å². The maximum absolute atomic E-state index is 13.3. The second-order valence-electron chi connectivity index (χ2n) is 4.37. The normalized spacial score (nSPS) is 10.8. The van der Waals surface area contributed by atoms with Crippen LogP contribution in [-0.2, 0) is 0 Å². The molecule has 0 saturated heterocycles. The third-order valence-corrected chi connectivity index (χ3v) is 3.02. The lowest BCUT2D eigenvalue weighted by atomic mass is 9.97. The molecule has 0 bridgehead atoms. The molecule has 94 valence electrons. The molecule has 0 saturated carbocycles. The summed E-state index contributed by atoms with van der Waals surface area (Å²) >= 11 is 0. The Morgan fingerprint density at radius 1 is 0.789 bits per heavy atom. The topological polar surface area (TPSA) is 20.2 Å². The molecular formula is C16H10F2O. The van der Waals surface area contributed by atoms with Gasteiger partial charge in [-0.25, -0.2) is 8.78 Å². The molecule has 0 aliphatic carbocycles. The Kier molecular flexibility index (Phi) is 2.67. The zero-order valence-corrected chi connectivity index (χ0v) is 9.90. The Morgan fingerprint density at radius 2 is 1.47 bits per heavy atom. The van der Waals surface area contributed by atoms with E-state index < -0.39 is 11.6 Å². The number of aromatic hydroxyl groups is 1. The zero-order chi connectivity index (χ0) is 13.4. The molecule has 3 aromatic carbocycles. The van der Waals surface area contributed by atoms with Gasteiger partial charge < -0.3 is 5.11 Å². The number of phenols is 1. The van der Waals surface area contributed by atoms with E-state index in [1.165, 1.54) is 18.2 Å². The molecule has 3 aromatic rings. The second kappa shape index (κ2) is 4.35. The summed E-state index contributed by atoms with van der Waals surface area (Å²) in [6.45, 7) is 0. The molecule has 0 heterocycles. The highest BCUT2D eigenvalue weighted by Crippen LogP contribution is 2.33. The van der Waals surface area contributed by atoms with Crippen molar-refractivity contribution in [1.82, 2.24) is 0 Å². The third-order valence-electron chi connectivity index (χ3n) is 3.02. The van der Waals surface area contributed by atoms with Crippen LogP contribution in [0.3, 0.4) is 0 Å². The van der Waals surface area contributed by atoms with Crippen LogP contribution < -0.4 is 0 Å². The van der Waals surface area contributed by atoms with Gasteiger partial charge in [0, 0.05) is 6.07 Å². The quantitative estimate of drug-likeness (QED) is 0.680. The van der Waals surface area contributed by atoms with Gasteiger partial charge in [0.25, 0.3) is 0 Å². The van der Waals surface area contributed by atoms with Gasteiger partial charge in [0.05, 0.1) is 0 Å². The molecule has 3 rings (SSSR count). The number of hydrogen-bond acceptors (Lipinski definition) is 1. The fraction of sp³-hybridized carbons (Fsp3) is 0. The fourth-order valence-electron chi connectivity index (χ4n) is 2.24. The van der Waals surface area contributed by atoms with Crippen LogP contribution in [0, 0.1) is 11.6 Å². The molecule has 0 spiro atoms. The van der Waals surface area contributed by atoms with Gasteiger partial charge in [-0.2, -0.15) is 0 Å². The molecule has 0 unspecified atom stereocenters. The molecule has 0 atom stereocenters. The molecule has 0 amide bonds. The Hall–Kier alpha value is -2.42. The molecule has 0 radical (unpaired) electrons. The van der Waals surface area contributed by atoms with Crippen molar-refractivity contribution < 1.29 is 13.9 Å². The van der Waals surface area contributed by atoms with Crippen molar-refractivity contribution in [2.24, 2.45) is 0 Å². The second-order valence-corrected chi connectivity index (χ2v) is 4.37. The lowest BCUT2D eigenvalue weighted by Gasteiger charge is -2.08. The Labute approximate surface area is 108 Å². The summed E-state index contributed by atoms with van der Waals surface area (Å²) in [5.74, 6) is -1.21. The summed E-state index contributed by atoms with van der Waals surface area (Å²) < 4.78 is 26.6. The lowest BCUT2D eigenvalue weighted by molar-refractivity contribution is 0.476. The van der Waals surface area contributed by atoms with Gasteiger partial charge in [-0.15, -0.1) is 0 Å². The van der Waals surface area contributed by atoms with E-state index in [9.17, 15) is 13.9 Å². The predicted molar refractivity (Wildman–Crippen MR) is 71.0 cm³/mol. The van der Waals surface area contributed by atoms with Gasteiger partial charge in [0.1, 0.15) is 17.4 Å². The molecule has 0 aliphatic heterocycles. The maximum Gasteiger partial charge on any atom is 0.126 e. The van der Waals surface area contributed by atoms with E-state index in [0.29, 0.717) is 11.1 Å². The largest absolute Gasteiger partial charge is 0.508 e. The number of benzene rings is 3. The Morgan fingerprint density at radius 3 is 2.21 bits per heavy atom. The zero-order valence-electron chi connectivity index (χ0n) is 9.90. The number of rotatable bonds is 1. The van der Waals surface area contributed by atoms with Gasteiger partial charge in [-0.05, 0) is 46.2 Å². The van der Waals surface area contributed by atoms with Crippen molar-refractivity contribution >= 4 is 10.8 Å². The highest BCUT2D eigenvalue weighted by Gasteiger charge is 2.08. The van der Waals surface area contributed by atoms with Crippen molar-refractivity contribution in [2.75, 3.05) is 0 Å². The summed E-state index contributed by atoms with van der Waals surface area (Å²) in [6.07, 6.45) is 0. The number of halogens is 2. The van der Waals surface area contributed by atoms with E-state index in [-0.39, 0.29) is 5.75 Å². The van der Waals surface area contributed by atoms with Crippen molar-refractivity contribution in [3.05, 3.63) is 66.2 Å². The summed E-state index contributed by atoms with van der Waals surface area (Å²) in [7, 11) is 0. The third kappa shape index (κ3) is 2.15. The molecule has 1 nitrogen and oxygen atoms in total. The van der Waals surface area contributed by atoms with Gasteiger partial charge in [-0.1, -0.05) is 24.3 Å². The average molecular weight is 256 g/mol. The monoisotopic (exact) mass is 256 g/mol. The van der Waals surface area contributed by atoms with E-state index in [1.807, 2.05) is 24.3 Å². The first kappa shape index (κ1) is 11.7. The molecule has 0 fully saturated rings. The number of fused-ring (bicyclic) bond motifs is 1.